The summed E-state index contributed by atoms with van der Waals surface area (Å²) in [6.45, 7) is 6.27. The molecule has 0 aromatic heterocycles. The Kier molecular flexibility index (Phi) is 5.09. The van der Waals surface area contributed by atoms with Crippen LogP contribution < -0.4 is 16.4 Å². The van der Waals surface area contributed by atoms with Crippen molar-refractivity contribution in [1.82, 2.24) is 5.32 Å². The SMILES string of the molecule is CCNC(=O)C(C)Nc1ccc(C)cc1C(N)=S. The van der Waals surface area contributed by atoms with E-state index < -0.39 is 0 Å². The number of nitrogens with two attached hydrogens (primary N) is 1. The monoisotopic (exact) mass is 265 g/mol. The highest BCUT2D eigenvalue weighted by Gasteiger charge is 2.14. The highest BCUT2D eigenvalue weighted by molar-refractivity contribution is 7.80. The highest BCUT2D eigenvalue weighted by atomic mass is 32.1. The zero-order chi connectivity index (χ0) is 13.7. The van der Waals surface area contributed by atoms with Gasteiger partial charge in [-0.05, 0) is 32.9 Å². The van der Waals surface area contributed by atoms with Crippen LogP contribution in [0.1, 0.15) is 25.0 Å². The van der Waals surface area contributed by atoms with Crippen LogP contribution in [0.2, 0.25) is 0 Å². The van der Waals surface area contributed by atoms with Gasteiger partial charge in [-0.25, -0.2) is 0 Å². The molecule has 1 amide bonds. The maximum atomic E-state index is 11.7. The maximum Gasteiger partial charge on any atom is 0.242 e. The first-order valence-electron chi connectivity index (χ1n) is 5.90. The van der Waals surface area contributed by atoms with Crippen LogP contribution in [0.5, 0.6) is 0 Å². The summed E-state index contributed by atoms with van der Waals surface area (Å²) < 4.78 is 0. The fourth-order valence-electron chi connectivity index (χ4n) is 1.61. The molecule has 0 aliphatic carbocycles. The standard InChI is InChI=1S/C13H19N3OS/c1-4-15-13(17)9(3)16-11-6-5-8(2)7-10(11)12(14)18/h5-7,9,16H,4H2,1-3H3,(H2,14,18)(H,15,17). The van der Waals surface area contributed by atoms with Crippen LogP contribution in [-0.4, -0.2) is 23.5 Å². The Labute approximate surface area is 113 Å². The van der Waals surface area contributed by atoms with Gasteiger partial charge in [0.1, 0.15) is 11.0 Å². The molecule has 1 unspecified atom stereocenters. The number of nitrogens with one attached hydrogen (secondary N) is 2. The Balaban J connectivity index is 2.90. The maximum absolute atomic E-state index is 11.7. The summed E-state index contributed by atoms with van der Waals surface area (Å²) in [5, 5.41) is 5.88. The van der Waals surface area contributed by atoms with Gasteiger partial charge in [0.05, 0.1) is 0 Å². The predicted molar refractivity (Wildman–Crippen MR) is 78.8 cm³/mol. The summed E-state index contributed by atoms with van der Waals surface area (Å²) in [6, 6.07) is 5.42. The first kappa shape index (κ1) is 14.4. The van der Waals surface area contributed by atoms with E-state index in [2.05, 4.69) is 10.6 Å². The minimum atomic E-state index is -0.333. The second-order valence-corrected chi connectivity index (χ2v) is 4.61. The van der Waals surface area contributed by atoms with Crippen molar-refractivity contribution >= 4 is 28.8 Å². The number of hydrogen-bond acceptors (Lipinski definition) is 3. The number of aryl methyl sites for hydroxylation is 1. The number of likely N-dealkylation sites (N-methyl/N-ethyl adjacent to an activating group) is 1. The van der Waals surface area contributed by atoms with Gasteiger partial charge in [-0.15, -0.1) is 0 Å². The van der Waals surface area contributed by atoms with Gasteiger partial charge in [-0.1, -0.05) is 23.8 Å². The zero-order valence-electron chi connectivity index (χ0n) is 10.9. The second-order valence-electron chi connectivity index (χ2n) is 4.17. The molecule has 0 radical (unpaired) electrons. The first-order chi connectivity index (χ1) is 8.45. The first-order valence-corrected chi connectivity index (χ1v) is 6.31. The lowest BCUT2D eigenvalue weighted by atomic mass is 10.1. The third-order valence-corrected chi connectivity index (χ3v) is 2.78. The summed E-state index contributed by atoms with van der Waals surface area (Å²) in [6.07, 6.45) is 0. The molecule has 4 N–H and O–H groups in total. The number of rotatable bonds is 5. The fourth-order valence-corrected chi connectivity index (χ4v) is 1.78. The molecule has 0 fully saturated rings. The van der Waals surface area contributed by atoms with E-state index in [0.717, 1.165) is 16.8 Å². The third-order valence-electron chi connectivity index (χ3n) is 2.56. The summed E-state index contributed by atoms with van der Waals surface area (Å²) in [5.41, 5.74) is 8.31. The molecule has 0 saturated carbocycles. The minimum absolute atomic E-state index is 0.0491. The van der Waals surface area contributed by atoms with E-state index in [1.165, 1.54) is 0 Å². The van der Waals surface area contributed by atoms with Crippen molar-refractivity contribution in [1.29, 1.82) is 0 Å². The fraction of sp³-hybridized carbons (Fsp3) is 0.385. The average Bonchev–Trinajstić information content (AvgIpc) is 2.31. The Hall–Kier alpha value is -1.62. The Morgan fingerprint density at radius 2 is 2.17 bits per heavy atom. The van der Waals surface area contributed by atoms with Gasteiger partial charge in [0.2, 0.25) is 5.91 Å². The molecule has 0 aliphatic heterocycles. The minimum Gasteiger partial charge on any atom is -0.389 e. The van der Waals surface area contributed by atoms with E-state index in [0.29, 0.717) is 11.5 Å². The third kappa shape index (κ3) is 3.70. The molecule has 0 heterocycles. The number of carbonyl (C=O) groups is 1. The quantitative estimate of drug-likeness (QED) is 0.707. The van der Waals surface area contributed by atoms with Crippen molar-refractivity contribution in [2.24, 2.45) is 5.73 Å². The Bertz CT molecular complexity index is 460. The largest absolute Gasteiger partial charge is 0.389 e. The molecule has 4 nitrogen and oxygen atoms in total. The number of benzene rings is 1. The van der Waals surface area contributed by atoms with Crippen molar-refractivity contribution in [3.8, 4) is 0 Å². The molecule has 0 aliphatic rings. The molecular weight excluding hydrogens is 246 g/mol. The van der Waals surface area contributed by atoms with Crippen LogP contribution in [0.4, 0.5) is 5.69 Å². The summed E-state index contributed by atoms with van der Waals surface area (Å²) in [7, 11) is 0. The van der Waals surface area contributed by atoms with Gasteiger partial charge in [0, 0.05) is 17.8 Å². The van der Waals surface area contributed by atoms with Crippen molar-refractivity contribution in [2.45, 2.75) is 26.8 Å². The molecule has 1 atom stereocenters. The van der Waals surface area contributed by atoms with Gasteiger partial charge in [-0.3, -0.25) is 4.79 Å². The Morgan fingerprint density at radius 3 is 2.72 bits per heavy atom. The number of amides is 1. The van der Waals surface area contributed by atoms with Crippen LogP contribution in [0, 0.1) is 6.92 Å². The molecule has 1 rings (SSSR count). The molecule has 98 valence electrons. The van der Waals surface area contributed by atoms with E-state index in [1.54, 1.807) is 6.92 Å². The second kappa shape index (κ2) is 6.35. The predicted octanol–water partition coefficient (Wildman–Crippen LogP) is 1.57. The summed E-state index contributed by atoms with van der Waals surface area (Å²) in [4.78, 5) is 12.0. The van der Waals surface area contributed by atoms with Crippen LogP contribution in [0.3, 0.4) is 0 Å². The van der Waals surface area contributed by atoms with E-state index in [4.69, 9.17) is 18.0 Å². The van der Waals surface area contributed by atoms with Gasteiger partial charge < -0.3 is 16.4 Å². The molecule has 0 spiro atoms. The lowest BCUT2D eigenvalue weighted by Gasteiger charge is -2.17. The zero-order valence-corrected chi connectivity index (χ0v) is 11.7. The smallest absolute Gasteiger partial charge is 0.242 e. The van der Waals surface area contributed by atoms with E-state index >= 15 is 0 Å². The van der Waals surface area contributed by atoms with Gasteiger partial charge in [0.15, 0.2) is 0 Å². The van der Waals surface area contributed by atoms with Crippen LogP contribution >= 0.6 is 12.2 Å². The van der Waals surface area contributed by atoms with Gasteiger partial charge >= 0.3 is 0 Å². The van der Waals surface area contributed by atoms with E-state index in [9.17, 15) is 4.79 Å². The van der Waals surface area contributed by atoms with Gasteiger partial charge in [0.25, 0.3) is 0 Å². The lowest BCUT2D eigenvalue weighted by Crippen LogP contribution is -2.37. The van der Waals surface area contributed by atoms with E-state index in [-0.39, 0.29) is 11.9 Å². The lowest BCUT2D eigenvalue weighted by molar-refractivity contribution is -0.121. The molecule has 18 heavy (non-hydrogen) atoms. The van der Waals surface area contributed by atoms with Crippen molar-refractivity contribution in [3.63, 3.8) is 0 Å². The van der Waals surface area contributed by atoms with Crippen LogP contribution in [0.25, 0.3) is 0 Å². The number of carbonyl (C=O) groups excluding carboxylic acids is 1. The van der Waals surface area contributed by atoms with Crippen molar-refractivity contribution in [3.05, 3.63) is 29.3 Å². The molecular formula is C13H19N3OS. The van der Waals surface area contributed by atoms with Crippen molar-refractivity contribution in [2.75, 3.05) is 11.9 Å². The average molecular weight is 265 g/mol. The number of thiocarbonyl (C=S) groups is 1. The Morgan fingerprint density at radius 1 is 1.50 bits per heavy atom. The van der Waals surface area contributed by atoms with Gasteiger partial charge in [-0.2, -0.15) is 0 Å². The molecule has 5 heteroatoms. The highest BCUT2D eigenvalue weighted by Crippen LogP contribution is 2.18. The topological polar surface area (TPSA) is 67.2 Å². The summed E-state index contributed by atoms with van der Waals surface area (Å²) in [5.74, 6) is -0.0491. The molecule has 0 saturated heterocycles. The van der Waals surface area contributed by atoms with Crippen LogP contribution in [0.15, 0.2) is 18.2 Å². The van der Waals surface area contributed by atoms with Crippen LogP contribution in [-0.2, 0) is 4.79 Å². The molecule has 1 aromatic rings. The number of anilines is 1. The van der Waals surface area contributed by atoms with Crippen molar-refractivity contribution < 1.29 is 4.79 Å². The molecule has 1 aromatic carbocycles. The summed E-state index contributed by atoms with van der Waals surface area (Å²) >= 11 is 5.02. The molecule has 0 bridgehead atoms. The van der Waals surface area contributed by atoms with E-state index in [1.807, 2.05) is 32.0 Å². The number of hydrogen-bond donors (Lipinski definition) is 3. The normalized spacial score (nSPS) is 11.7.